The van der Waals surface area contributed by atoms with Gasteiger partial charge in [-0.25, -0.2) is 9.48 Å². The first-order valence-corrected chi connectivity index (χ1v) is 10.1. The number of benzene rings is 3. The van der Waals surface area contributed by atoms with Gasteiger partial charge >= 0.3 is 5.97 Å². The summed E-state index contributed by atoms with van der Waals surface area (Å²) in [5.41, 5.74) is 5.21. The van der Waals surface area contributed by atoms with E-state index in [4.69, 9.17) is 28.3 Å². The monoisotopic (exact) mass is 436 g/mol. The van der Waals surface area contributed by atoms with Crippen molar-refractivity contribution in [3.63, 3.8) is 0 Å². The Kier molecular flexibility index (Phi) is 5.37. The van der Waals surface area contributed by atoms with Crippen molar-refractivity contribution >= 4 is 29.2 Å². The van der Waals surface area contributed by atoms with Crippen LogP contribution in [-0.2, 0) is 0 Å². The summed E-state index contributed by atoms with van der Waals surface area (Å²) in [7, 11) is 0. The molecule has 0 saturated heterocycles. The van der Waals surface area contributed by atoms with Crippen LogP contribution in [0, 0.1) is 13.8 Å². The molecule has 0 bridgehead atoms. The Labute approximate surface area is 184 Å². The lowest BCUT2D eigenvalue weighted by atomic mass is 10.0. The summed E-state index contributed by atoms with van der Waals surface area (Å²) < 4.78 is 1.68. The molecule has 0 radical (unpaired) electrons. The largest absolute Gasteiger partial charge is 0.478 e. The number of aromatic nitrogens is 2. The van der Waals surface area contributed by atoms with Gasteiger partial charge < -0.3 is 5.11 Å². The Morgan fingerprint density at radius 1 is 0.867 bits per heavy atom. The van der Waals surface area contributed by atoms with Crippen molar-refractivity contribution in [2.45, 2.75) is 13.8 Å². The molecular formula is C24H18Cl2N2O2. The summed E-state index contributed by atoms with van der Waals surface area (Å²) >= 11 is 12.4. The Balaban J connectivity index is 2.09. The molecule has 4 nitrogen and oxygen atoms in total. The highest BCUT2D eigenvalue weighted by Crippen LogP contribution is 2.36. The minimum absolute atomic E-state index is 0.0951. The van der Waals surface area contributed by atoms with Crippen LogP contribution in [0.15, 0.2) is 66.7 Å². The summed E-state index contributed by atoms with van der Waals surface area (Å²) in [6.45, 7) is 4.04. The fourth-order valence-corrected chi connectivity index (χ4v) is 3.95. The molecule has 3 aromatic carbocycles. The third-order valence-corrected chi connectivity index (χ3v) is 5.45. The van der Waals surface area contributed by atoms with Gasteiger partial charge in [-0.15, -0.1) is 0 Å². The van der Waals surface area contributed by atoms with Crippen molar-refractivity contribution in [3.8, 4) is 28.2 Å². The number of aromatic carboxylic acids is 1. The fraction of sp³-hybridized carbons (Fsp3) is 0.0833. The first kappa shape index (κ1) is 20.2. The van der Waals surface area contributed by atoms with Crippen molar-refractivity contribution in [1.29, 1.82) is 0 Å². The van der Waals surface area contributed by atoms with Crippen LogP contribution in [0.1, 0.15) is 21.5 Å². The number of hydrogen-bond donors (Lipinski definition) is 1. The fourth-order valence-electron chi connectivity index (χ4n) is 3.42. The number of nitrogens with zero attached hydrogens (tertiary/aromatic N) is 2. The SMILES string of the molecule is Cc1ccc(-n2nc(-c3cc(Cl)cc(Cl)c3)c(C(=O)O)c2-c2ccccc2)cc1C. The quantitative estimate of drug-likeness (QED) is 0.381. The van der Waals surface area contributed by atoms with E-state index in [2.05, 4.69) is 0 Å². The van der Waals surface area contributed by atoms with Crippen LogP contribution in [0.2, 0.25) is 10.0 Å². The molecule has 4 aromatic rings. The van der Waals surface area contributed by atoms with Gasteiger partial charge in [-0.3, -0.25) is 0 Å². The highest BCUT2D eigenvalue weighted by molar-refractivity contribution is 6.35. The molecule has 0 aliphatic carbocycles. The van der Waals surface area contributed by atoms with E-state index in [-0.39, 0.29) is 5.56 Å². The minimum Gasteiger partial charge on any atom is -0.478 e. The third-order valence-electron chi connectivity index (χ3n) is 5.02. The van der Waals surface area contributed by atoms with Crippen LogP contribution < -0.4 is 0 Å². The minimum atomic E-state index is -1.07. The molecule has 0 unspecified atom stereocenters. The van der Waals surface area contributed by atoms with Gasteiger partial charge in [-0.2, -0.15) is 5.10 Å². The van der Waals surface area contributed by atoms with Gasteiger partial charge in [-0.05, 0) is 55.3 Å². The second kappa shape index (κ2) is 7.98. The van der Waals surface area contributed by atoms with E-state index in [1.54, 1.807) is 22.9 Å². The zero-order valence-electron chi connectivity index (χ0n) is 16.4. The van der Waals surface area contributed by atoms with Gasteiger partial charge in [-0.1, -0.05) is 59.6 Å². The Morgan fingerprint density at radius 3 is 2.13 bits per heavy atom. The number of carboxylic acids is 1. The first-order valence-electron chi connectivity index (χ1n) is 9.31. The molecule has 0 amide bonds. The number of aryl methyl sites for hydroxylation is 2. The zero-order valence-corrected chi connectivity index (χ0v) is 17.9. The number of rotatable bonds is 4. The summed E-state index contributed by atoms with van der Waals surface area (Å²) in [4.78, 5) is 12.4. The second-order valence-electron chi connectivity index (χ2n) is 7.08. The molecule has 0 atom stereocenters. The molecular weight excluding hydrogens is 419 g/mol. The van der Waals surface area contributed by atoms with Crippen molar-refractivity contribution in [2.24, 2.45) is 0 Å². The molecule has 0 aliphatic heterocycles. The molecule has 0 saturated carbocycles. The van der Waals surface area contributed by atoms with E-state index in [1.807, 2.05) is 62.4 Å². The molecule has 4 rings (SSSR count). The molecule has 150 valence electrons. The van der Waals surface area contributed by atoms with Crippen LogP contribution in [0.25, 0.3) is 28.2 Å². The average molecular weight is 437 g/mol. The highest BCUT2D eigenvalue weighted by atomic mass is 35.5. The van der Waals surface area contributed by atoms with Gasteiger partial charge in [0.15, 0.2) is 0 Å². The third kappa shape index (κ3) is 3.72. The van der Waals surface area contributed by atoms with Crippen molar-refractivity contribution in [2.75, 3.05) is 0 Å². The predicted octanol–water partition coefficient (Wildman–Crippen LogP) is 6.83. The van der Waals surface area contributed by atoms with Gasteiger partial charge in [0.05, 0.1) is 11.4 Å². The molecule has 1 N–H and O–H groups in total. The molecule has 1 heterocycles. The molecule has 0 fully saturated rings. The molecule has 0 spiro atoms. The maximum absolute atomic E-state index is 12.4. The average Bonchev–Trinajstić information content (AvgIpc) is 3.11. The Bertz CT molecular complexity index is 1240. The topological polar surface area (TPSA) is 55.1 Å². The number of carboxylic acid groups (broad SMARTS) is 1. The van der Waals surface area contributed by atoms with E-state index in [0.717, 1.165) is 22.4 Å². The normalized spacial score (nSPS) is 10.9. The lowest BCUT2D eigenvalue weighted by molar-refractivity contribution is 0.0698. The highest BCUT2D eigenvalue weighted by Gasteiger charge is 2.26. The lowest BCUT2D eigenvalue weighted by Crippen LogP contribution is -2.03. The molecule has 0 aliphatic rings. The van der Waals surface area contributed by atoms with Crippen molar-refractivity contribution in [3.05, 3.63) is 93.5 Å². The van der Waals surface area contributed by atoms with Gasteiger partial charge in [0.25, 0.3) is 0 Å². The number of halogens is 2. The van der Waals surface area contributed by atoms with E-state index < -0.39 is 5.97 Å². The second-order valence-corrected chi connectivity index (χ2v) is 7.95. The van der Waals surface area contributed by atoms with E-state index >= 15 is 0 Å². The number of hydrogen-bond acceptors (Lipinski definition) is 2. The maximum atomic E-state index is 12.4. The molecule has 6 heteroatoms. The van der Waals surface area contributed by atoms with Crippen molar-refractivity contribution < 1.29 is 9.90 Å². The maximum Gasteiger partial charge on any atom is 0.340 e. The molecule has 30 heavy (non-hydrogen) atoms. The number of carbonyl (C=O) groups is 1. The summed E-state index contributed by atoms with van der Waals surface area (Å²) in [5.74, 6) is -1.07. The van der Waals surface area contributed by atoms with Crippen LogP contribution in [-0.4, -0.2) is 20.9 Å². The Morgan fingerprint density at radius 2 is 1.53 bits per heavy atom. The van der Waals surface area contributed by atoms with Gasteiger partial charge in [0, 0.05) is 21.2 Å². The van der Waals surface area contributed by atoms with Gasteiger partial charge in [0.1, 0.15) is 11.3 Å². The summed E-state index contributed by atoms with van der Waals surface area (Å²) in [6, 6.07) is 20.2. The van der Waals surface area contributed by atoms with Crippen LogP contribution >= 0.6 is 23.2 Å². The van der Waals surface area contributed by atoms with E-state index in [1.165, 1.54) is 0 Å². The standard InChI is InChI=1S/C24H18Cl2N2O2/c1-14-8-9-20(10-15(14)2)28-23(16-6-4-3-5-7-16)21(24(29)30)22(27-28)17-11-18(25)13-19(26)12-17/h3-13H,1-2H3,(H,29,30). The first-order chi connectivity index (χ1) is 14.3. The van der Waals surface area contributed by atoms with Crippen LogP contribution in [0.5, 0.6) is 0 Å². The smallest absolute Gasteiger partial charge is 0.340 e. The molecule has 1 aromatic heterocycles. The summed E-state index contributed by atoms with van der Waals surface area (Å²) in [5, 5.41) is 15.7. The van der Waals surface area contributed by atoms with Crippen LogP contribution in [0.4, 0.5) is 0 Å². The van der Waals surface area contributed by atoms with E-state index in [9.17, 15) is 9.90 Å². The van der Waals surface area contributed by atoms with Crippen molar-refractivity contribution in [1.82, 2.24) is 9.78 Å². The lowest BCUT2D eigenvalue weighted by Gasteiger charge is -2.10. The summed E-state index contributed by atoms with van der Waals surface area (Å²) in [6.07, 6.45) is 0. The predicted molar refractivity (Wildman–Crippen MR) is 121 cm³/mol. The Hall–Kier alpha value is -3.08. The van der Waals surface area contributed by atoms with Gasteiger partial charge in [0.2, 0.25) is 0 Å². The van der Waals surface area contributed by atoms with E-state index in [0.29, 0.717) is 27.0 Å². The zero-order chi connectivity index (χ0) is 21.4. The van der Waals surface area contributed by atoms with Crippen LogP contribution in [0.3, 0.4) is 0 Å².